The number of halogens is 1. The number of furan rings is 1. The number of rotatable bonds is 2. The molecule has 0 bridgehead atoms. The first-order chi connectivity index (χ1) is 7.84. The van der Waals surface area contributed by atoms with E-state index in [0.717, 1.165) is 16.7 Å². The second kappa shape index (κ2) is 3.87. The molecule has 3 rings (SSSR count). The van der Waals surface area contributed by atoms with Crippen LogP contribution >= 0.6 is 15.9 Å². The number of ether oxygens (including phenoxy) is 2. The van der Waals surface area contributed by atoms with Crippen LogP contribution in [0.4, 0.5) is 0 Å². The standard InChI is InChI=1S/C12H11BrO3/c13-8-12(14-5-6-15-12)11-7-9-3-1-2-4-10(9)16-11/h1-4,7H,5-6,8H2. The summed E-state index contributed by atoms with van der Waals surface area (Å²) in [4.78, 5) is 0. The number of para-hydroxylation sites is 1. The lowest BCUT2D eigenvalue weighted by Crippen LogP contribution is -2.28. The van der Waals surface area contributed by atoms with Gasteiger partial charge in [0.05, 0.1) is 18.5 Å². The molecular formula is C12H11BrO3. The van der Waals surface area contributed by atoms with Crippen LogP contribution in [0.2, 0.25) is 0 Å². The zero-order chi connectivity index (χ0) is 11.0. The van der Waals surface area contributed by atoms with Crippen LogP contribution in [0.3, 0.4) is 0 Å². The van der Waals surface area contributed by atoms with Gasteiger partial charge in [0.1, 0.15) is 5.58 Å². The van der Waals surface area contributed by atoms with Crippen molar-refractivity contribution in [2.24, 2.45) is 0 Å². The summed E-state index contributed by atoms with van der Waals surface area (Å²) in [7, 11) is 0. The summed E-state index contributed by atoms with van der Waals surface area (Å²) in [5.74, 6) is -0.0259. The highest BCUT2D eigenvalue weighted by Crippen LogP contribution is 2.36. The predicted octanol–water partition coefficient (Wildman–Crippen LogP) is 3.03. The molecule has 1 fully saturated rings. The molecule has 1 aliphatic rings. The Morgan fingerprint density at radius 3 is 2.62 bits per heavy atom. The van der Waals surface area contributed by atoms with E-state index in [-0.39, 0.29) is 0 Å². The van der Waals surface area contributed by atoms with Crippen LogP contribution in [0.15, 0.2) is 34.7 Å². The molecule has 1 aliphatic heterocycles. The van der Waals surface area contributed by atoms with Crippen LogP contribution in [0.1, 0.15) is 5.76 Å². The van der Waals surface area contributed by atoms with E-state index in [9.17, 15) is 0 Å². The van der Waals surface area contributed by atoms with Crippen molar-refractivity contribution in [1.29, 1.82) is 0 Å². The van der Waals surface area contributed by atoms with E-state index < -0.39 is 5.79 Å². The lowest BCUT2D eigenvalue weighted by molar-refractivity contribution is -0.156. The zero-order valence-electron chi connectivity index (χ0n) is 8.61. The summed E-state index contributed by atoms with van der Waals surface area (Å²) in [6.45, 7) is 1.20. The van der Waals surface area contributed by atoms with E-state index in [2.05, 4.69) is 15.9 Å². The normalized spacial score (nSPS) is 19.3. The molecule has 3 nitrogen and oxygen atoms in total. The maximum Gasteiger partial charge on any atom is 0.238 e. The third kappa shape index (κ3) is 1.49. The number of hydrogen-bond acceptors (Lipinski definition) is 3. The SMILES string of the molecule is BrCC1(c2cc3ccccc3o2)OCCO1. The molecule has 1 saturated heterocycles. The molecule has 0 radical (unpaired) electrons. The Labute approximate surface area is 101 Å². The Bertz CT molecular complexity index is 467. The molecule has 2 heterocycles. The molecule has 0 unspecified atom stereocenters. The number of hydrogen-bond donors (Lipinski definition) is 0. The van der Waals surface area contributed by atoms with E-state index in [1.54, 1.807) is 0 Å². The van der Waals surface area contributed by atoms with Gasteiger partial charge in [0.15, 0.2) is 5.76 Å². The second-order valence-corrected chi connectivity index (χ2v) is 4.29. The first-order valence-electron chi connectivity index (χ1n) is 5.17. The van der Waals surface area contributed by atoms with Crippen molar-refractivity contribution >= 4 is 26.9 Å². The van der Waals surface area contributed by atoms with Gasteiger partial charge >= 0.3 is 0 Å². The molecule has 16 heavy (non-hydrogen) atoms. The lowest BCUT2D eigenvalue weighted by Gasteiger charge is -2.21. The minimum absolute atomic E-state index is 0.569. The number of benzene rings is 1. The predicted molar refractivity (Wildman–Crippen MR) is 63.6 cm³/mol. The number of alkyl halides is 1. The Morgan fingerprint density at radius 1 is 1.19 bits per heavy atom. The Balaban J connectivity index is 2.10. The van der Waals surface area contributed by atoms with E-state index >= 15 is 0 Å². The van der Waals surface area contributed by atoms with Gasteiger partial charge in [-0.3, -0.25) is 0 Å². The molecular weight excluding hydrogens is 272 g/mol. The Hall–Kier alpha value is -0.840. The Morgan fingerprint density at radius 2 is 1.94 bits per heavy atom. The Kier molecular flexibility index (Phi) is 2.50. The smallest absolute Gasteiger partial charge is 0.238 e. The largest absolute Gasteiger partial charge is 0.455 e. The molecule has 4 heteroatoms. The lowest BCUT2D eigenvalue weighted by atomic mass is 10.2. The van der Waals surface area contributed by atoms with Gasteiger partial charge in [0.2, 0.25) is 5.79 Å². The molecule has 0 spiro atoms. The topological polar surface area (TPSA) is 31.6 Å². The van der Waals surface area contributed by atoms with E-state index in [4.69, 9.17) is 13.9 Å². The third-order valence-corrected chi connectivity index (χ3v) is 3.47. The monoisotopic (exact) mass is 282 g/mol. The second-order valence-electron chi connectivity index (χ2n) is 3.73. The highest BCUT2D eigenvalue weighted by atomic mass is 79.9. The van der Waals surface area contributed by atoms with Gasteiger partial charge in [-0.1, -0.05) is 34.1 Å². The summed E-state index contributed by atoms with van der Waals surface area (Å²) >= 11 is 3.42. The average molecular weight is 283 g/mol. The first kappa shape index (κ1) is 10.3. The van der Waals surface area contributed by atoms with Crippen LogP contribution in [-0.4, -0.2) is 18.5 Å². The van der Waals surface area contributed by atoms with Crippen LogP contribution in [-0.2, 0) is 15.3 Å². The van der Waals surface area contributed by atoms with Gasteiger partial charge in [-0.25, -0.2) is 0 Å². The van der Waals surface area contributed by atoms with Gasteiger partial charge in [-0.15, -0.1) is 0 Å². The minimum atomic E-state index is -0.751. The van der Waals surface area contributed by atoms with E-state index in [1.807, 2.05) is 30.3 Å². The zero-order valence-corrected chi connectivity index (χ0v) is 10.2. The molecule has 1 aromatic carbocycles. The number of fused-ring (bicyclic) bond motifs is 1. The van der Waals surface area contributed by atoms with Crippen molar-refractivity contribution < 1.29 is 13.9 Å². The van der Waals surface area contributed by atoms with Gasteiger partial charge < -0.3 is 13.9 Å². The fourth-order valence-corrected chi connectivity index (χ4v) is 2.51. The molecule has 2 aromatic rings. The molecule has 0 saturated carbocycles. The maximum absolute atomic E-state index is 5.77. The summed E-state index contributed by atoms with van der Waals surface area (Å²) in [6.07, 6.45) is 0. The van der Waals surface area contributed by atoms with Crippen molar-refractivity contribution in [2.75, 3.05) is 18.5 Å². The molecule has 0 atom stereocenters. The van der Waals surface area contributed by atoms with Crippen LogP contribution in [0.25, 0.3) is 11.0 Å². The van der Waals surface area contributed by atoms with Crippen LogP contribution < -0.4 is 0 Å². The van der Waals surface area contributed by atoms with E-state index in [1.165, 1.54) is 0 Å². The highest BCUT2D eigenvalue weighted by Gasteiger charge is 2.40. The summed E-state index contributed by atoms with van der Waals surface area (Å²) in [5, 5.41) is 1.64. The van der Waals surface area contributed by atoms with Crippen molar-refractivity contribution in [1.82, 2.24) is 0 Å². The van der Waals surface area contributed by atoms with Gasteiger partial charge in [0, 0.05) is 5.39 Å². The van der Waals surface area contributed by atoms with Crippen molar-refractivity contribution in [3.8, 4) is 0 Å². The van der Waals surface area contributed by atoms with Crippen molar-refractivity contribution in [3.63, 3.8) is 0 Å². The minimum Gasteiger partial charge on any atom is -0.455 e. The summed E-state index contributed by atoms with van der Waals surface area (Å²) < 4.78 is 17.1. The van der Waals surface area contributed by atoms with Gasteiger partial charge in [-0.05, 0) is 12.1 Å². The van der Waals surface area contributed by atoms with Gasteiger partial charge in [0.25, 0.3) is 0 Å². The quantitative estimate of drug-likeness (QED) is 0.794. The van der Waals surface area contributed by atoms with Crippen molar-refractivity contribution in [3.05, 3.63) is 36.1 Å². The summed E-state index contributed by atoms with van der Waals surface area (Å²) in [6, 6.07) is 9.86. The third-order valence-electron chi connectivity index (χ3n) is 2.73. The maximum atomic E-state index is 5.77. The van der Waals surface area contributed by atoms with Crippen molar-refractivity contribution in [2.45, 2.75) is 5.79 Å². The fourth-order valence-electron chi connectivity index (χ4n) is 1.91. The average Bonchev–Trinajstić information content (AvgIpc) is 2.96. The summed E-state index contributed by atoms with van der Waals surface area (Å²) in [5.41, 5.74) is 0.858. The van der Waals surface area contributed by atoms with Crippen LogP contribution in [0, 0.1) is 0 Å². The molecule has 84 valence electrons. The van der Waals surface area contributed by atoms with Gasteiger partial charge in [-0.2, -0.15) is 0 Å². The fraction of sp³-hybridized carbons (Fsp3) is 0.333. The highest BCUT2D eigenvalue weighted by molar-refractivity contribution is 9.09. The van der Waals surface area contributed by atoms with Crippen LogP contribution in [0.5, 0.6) is 0 Å². The molecule has 0 N–H and O–H groups in total. The molecule has 0 amide bonds. The molecule has 0 aliphatic carbocycles. The van der Waals surface area contributed by atoms with E-state index in [0.29, 0.717) is 18.5 Å². The first-order valence-corrected chi connectivity index (χ1v) is 6.29. The molecule has 1 aromatic heterocycles.